The molecule has 0 radical (unpaired) electrons. The fourth-order valence-corrected chi connectivity index (χ4v) is 7.45. The predicted molar refractivity (Wildman–Crippen MR) is 103 cm³/mol. The second-order valence-electron chi connectivity index (χ2n) is 9.62. The number of benzene rings is 1. The van der Waals surface area contributed by atoms with E-state index in [0.29, 0.717) is 17.8 Å². The highest BCUT2D eigenvalue weighted by atomic mass is 16.3. The molecule has 2 N–H and O–H groups in total. The lowest BCUT2D eigenvalue weighted by Gasteiger charge is -2.72. The second-order valence-corrected chi connectivity index (χ2v) is 9.62. The molecule has 1 aliphatic heterocycles. The summed E-state index contributed by atoms with van der Waals surface area (Å²) in [5.41, 5.74) is 4.57. The van der Waals surface area contributed by atoms with Crippen LogP contribution in [-0.2, 0) is 11.8 Å². The Morgan fingerprint density at radius 2 is 1.92 bits per heavy atom. The molecule has 1 saturated heterocycles. The number of fused-ring (bicyclic) bond motifs is 1. The fourth-order valence-electron chi connectivity index (χ4n) is 7.45. The smallest absolute Gasteiger partial charge is 0.118 e. The molecule has 25 heavy (non-hydrogen) atoms. The van der Waals surface area contributed by atoms with Crippen molar-refractivity contribution in [1.82, 2.24) is 10.2 Å². The molecule has 1 saturated carbocycles. The third-order valence-electron chi connectivity index (χ3n) is 8.72. The summed E-state index contributed by atoms with van der Waals surface area (Å²) in [6.45, 7) is 10.8. The molecule has 2 fully saturated rings. The summed E-state index contributed by atoms with van der Waals surface area (Å²) in [6, 6.07) is 5.21. The first-order valence-corrected chi connectivity index (χ1v) is 9.90. The van der Waals surface area contributed by atoms with Crippen molar-refractivity contribution < 1.29 is 5.11 Å². The first kappa shape index (κ1) is 17.4. The van der Waals surface area contributed by atoms with E-state index in [2.05, 4.69) is 58.1 Å². The second kappa shape index (κ2) is 5.23. The number of hydrogen-bond acceptors (Lipinski definition) is 3. The SMILES string of the molecule is CNC1CCC2(C)[C@H]3Cc4ccc(O)c(C)c4[C@@]2(CCN3C)C1(C)C. The van der Waals surface area contributed by atoms with Crippen molar-refractivity contribution in [3.8, 4) is 5.75 Å². The lowest BCUT2D eigenvalue weighted by Crippen LogP contribution is -2.74. The molecule has 2 aliphatic carbocycles. The third-order valence-corrected chi connectivity index (χ3v) is 8.72. The molecule has 2 bridgehead atoms. The van der Waals surface area contributed by atoms with E-state index in [1.165, 1.54) is 30.4 Å². The predicted octanol–water partition coefficient (Wildman–Crippen LogP) is 3.61. The fraction of sp³-hybridized carbons (Fsp3) is 0.727. The van der Waals surface area contributed by atoms with Gasteiger partial charge in [-0.05, 0) is 86.8 Å². The number of likely N-dealkylation sites (N-methyl/N-ethyl adjacent to an activating group) is 1. The van der Waals surface area contributed by atoms with Gasteiger partial charge >= 0.3 is 0 Å². The van der Waals surface area contributed by atoms with Crippen LogP contribution in [0.2, 0.25) is 0 Å². The number of phenolic OH excluding ortho intramolecular Hbond substituents is 1. The summed E-state index contributed by atoms with van der Waals surface area (Å²) in [4.78, 5) is 2.61. The maximum atomic E-state index is 10.6. The summed E-state index contributed by atoms with van der Waals surface area (Å²) < 4.78 is 0. The number of aromatic hydroxyl groups is 1. The first-order valence-electron chi connectivity index (χ1n) is 9.90. The summed E-state index contributed by atoms with van der Waals surface area (Å²) in [5, 5.41) is 14.2. The van der Waals surface area contributed by atoms with Gasteiger partial charge in [0.2, 0.25) is 0 Å². The van der Waals surface area contributed by atoms with Crippen molar-refractivity contribution in [2.45, 2.75) is 70.9 Å². The van der Waals surface area contributed by atoms with Crippen molar-refractivity contribution >= 4 is 0 Å². The highest BCUT2D eigenvalue weighted by Gasteiger charge is 2.69. The number of rotatable bonds is 1. The van der Waals surface area contributed by atoms with Crippen LogP contribution in [0.4, 0.5) is 0 Å². The molecule has 138 valence electrons. The zero-order valence-corrected chi connectivity index (χ0v) is 16.7. The van der Waals surface area contributed by atoms with Crippen LogP contribution in [0, 0.1) is 17.8 Å². The van der Waals surface area contributed by atoms with Crippen LogP contribution in [0.15, 0.2) is 12.1 Å². The van der Waals surface area contributed by atoms with Gasteiger partial charge in [0.15, 0.2) is 0 Å². The van der Waals surface area contributed by atoms with Crippen molar-refractivity contribution in [3.05, 3.63) is 28.8 Å². The number of phenols is 1. The maximum Gasteiger partial charge on any atom is 0.118 e. The van der Waals surface area contributed by atoms with E-state index in [0.717, 1.165) is 18.5 Å². The van der Waals surface area contributed by atoms with Gasteiger partial charge in [-0.15, -0.1) is 0 Å². The molecule has 3 heteroatoms. The third kappa shape index (κ3) is 1.84. The number of nitrogens with zero attached hydrogens (tertiary/aromatic N) is 1. The van der Waals surface area contributed by atoms with Crippen molar-refractivity contribution in [2.75, 3.05) is 20.6 Å². The summed E-state index contributed by atoms with van der Waals surface area (Å²) in [7, 11) is 4.44. The van der Waals surface area contributed by atoms with Crippen LogP contribution >= 0.6 is 0 Å². The highest BCUT2D eigenvalue weighted by Crippen LogP contribution is 2.69. The van der Waals surface area contributed by atoms with E-state index in [1.807, 2.05) is 6.07 Å². The molecule has 2 unspecified atom stereocenters. The number of likely N-dealkylation sites (tertiary alicyclic amines) is 1. The minimum Gasteiger partial charge on any atom is -0.508 e. The van der Waals surface area contributed by atoms with Crippen molar-refractivity contribution in [2.24, 2.45) is 10.8 Å². The Labute approximate surface area is 152 Å². The zero-order valence-electron chi connectivity index (χ0n) is 16.7. The molecule has 4 atom stereocenters. The van der Waals surface area contributed by atoms with Crippen LogP contribution in [0.25, 0.3) is 0 Å². The Hall–Kier alpha value is -1.06. The topological polar surface area (TPSA) is 35.5 Å². The van der Waals surface area contributed by atoms with Gasteiger partial charge in [0.05, 0.1) is 0 Å². The molecule has 0 amide bonds. The van der Waals surface area contributed by atoms with E-state index in [-0.39, 0.29) is 16.2 Å². The zero-order chi connectivity index (χ0) is 18.2. The molecule has 1 aromatic rings. The van der Waals surface area contributed by atoms with Crippen LogP contribution in [0.3, 0.4) is 0 Å². The van der Waals surface area contributed by atoms with Gasteiger partial charge in [0, 0.05) is 17.5 Å². The first-order chi connectivity index (χ1) is 11.7. The molecular weight excluding hydrogens is 308 g/mol. The van der Waals surface area contributed by atoms with Gasteiger partial charge in [-0.25, -0.2) is 0 Å². The lowest BCUT2D eigenvalue weighted by atomic mass is 9.36. The lowest BCUT2D eigenvalue weighted by molar-refractivity contribution is -0.145. The highest BCUT2D eigenvalue weighted by molar-refractivity contribution is 5.54. The molecule has 1 heterocycles. The summed E-state index contributed by atoms with van der Waals surface area (Å²) in [5.74, 6) is 0.468. The average molecular weight is 343 g/mol. The number of nitrogens with one attached hydrogen (secondary N) is 1. The minimum absolute atomic E-state index is 0.111. The van der Waals surface area contributed by atoms with Crippen LogP contribution in [-0.4, -0.2) is 42.7 Å². The molecule has 3 aliphatic rings. The van der Waals surface area contributed by atoms with E-state index >= 15 is 0 Å². The largest absolute Gasteiger partial charge is 0.508 e. The van der Waals surface area contributed by atoms with Gasteiger partial charge in [-0.1, -0.05) is 26.8 Å². The molecule has 4 rings (SSSR count). The maximum absolute atomic E-state index is 10.6. The van der Waals surface area contributed by atoms with Gasteiger partial charge < -0.3 is 15.3 Å². The van der Waals surface area contributed by atoms with Crippen LogP contribution in [0.5, 0.6) is 5.75 Å². The summed E-state index contributed by atoms with van der Waals surface area (Å²) in [6.07, 6.45) is 4.79. The minimum atomic E-state index is 0.111. The Morgan fingerprint density at radius 1 is 1.20 bits per heavy atom. The Balaban J connectivity index is 2.07. The van der Waals surface area contributed by atoms with Crippen molar-refractivity contribution in [3.63, 3.8) is 0 Å². The molecule has 1 aromatic carbocycles. The average Bonchev–Trinajstić information content (AvgIpc) is 2.54. The van der Waals surface area contributed by atoms with Gasteiger partial charge in [-0.2, -0.15) is 0 Å². The van der Waals surface area contributed by atoms with Gasteiger partial charge in [0.25, 0.3) is 0 Å². The van der Waals surface area contributed by atoms with E-state index in [9.17, 15) is 5.11 Å². The Morgan fingerprint density at radius 3 is 2.60 bits per heavy atom. The normalized spacial score (nSPS) is 39.6. The van der Waals surface area contributed by atoms with Crippen LogP contribution in [0.1, 0.15) is 56.7 Å². The molecule has 0 aromatic heterocycles. The molecule has 0 spiro atoms. The summed E-state index contributed by atoms with van der Waals surface area (Å²) >= 11 is 0. The van der Waals surface area contributed by atoms with Crippen molar-refractivity contribution in [1.29, 1.82) is 0 Å². The molecular formula is C22H34N2O. The molecule has 3 nitrogen and oxygen atoms in total. The number of hydrogen-bond donors (Lipinski definition) is 2. The number of piperidine rings is 1. The van der Waals surface area contributed by atoms with Crippen LogP contribution < -0.4 is 5.32 Å². The Bertz CT molecular complexity index is 712. The van der Waals surface area contributed by atoms with E-state index in [4.69, 9.17) is 0 Å². The van der Waals surface area contributed by atoms with Gasteiger partial charge in [-0.3, -0.25) is 0 Å². The van der Waals surface area contributed by atoms with E-state index in [1.54, 1.807) is 0 Å². The van der Waals surface area contributed by atoms with E-state index < -0.39 is 0 Å². The Kier molecular flexibility index (Phi) is 3.63. The monoisotopic (exact) mass is 342 g/mol. The quantitative estimate of drug-likeness (QED) is 0.818. The standard InChI is InChI=1S/C22H34N2O/c1-14-16(25)8-7-15-13-18-21(4)10-9-17(23-5)20(2,3)22(21,19(14)15)11-12-24(18)6/h7-8,17-18,23,25H,9-13H2,1-6H3/t17?,18-,21?,22+/m1/s1. The van der Waals surface area contributed by atoms with Gasteiger partial charge in [0.1, 0.15) is 5.75 Å².